The Kier molecular flexibility index (Phi) is 4.41. The number of amides is 1. The van der Waals surface area contributed by atoms with Crippen molar-refractivity contribution in [2.24, 2.45) is 0 Å². The van der Waals surface area contributed by atoms with Crippen LogP contribution in [-0.2, 0) is 6.54 Å². The SMILES string of the molecule is CNc1ccc(C)cc1C(=O)NCc1ccc(C)cc1. The van der Waals surface area contributed by atoms with Crippen molar-refractivity contribution in [2.45, 2.75) is 20.4 Å². The van der Waals surface area contributed by atoms with Gasteiger partial charge in [0.05, 0.1) is 5.56 Å². The number of hydrogen-bond donors (Lipinski definition) is 2. The highest BCUT2D eigenvalue weighted by Gasteiger charge is 2.10. The topological polar surface area (TPSA) is 41.1 Å². The van der Waals surface area contributed by atoms with Crippen molar-refractivity contribution in [3.05, 3.63) is 64.7 Å². The Bertz CT molecular complexity index is 603. The van der Waals surface area contributed by atoms with Crippen LogP contribution in [0.15, 0.2) is 42.5 Å². The van der Waals surface area contributed by atoms with Crippen molar-refractivity contribution >= 4 is 11.6 Å². The van der Waals surface area contributed by atoms with Gasteiger partial charge in [-0.25, -0.2) is 0 Å². The summed E-state index contributed by atoms with van der Waals surface area (Å²) in [5.74, 6) is -0.0568. The van der Waals surface area contributed by atoms with Crippen LogP contribution in [0, 0.1) is 13.8 Å². The summed E-state index contributed by atoms with van der Waals surface area (Å²) < 4.78 is 0. The van der Waals surface area contributed by atoms with E-state index in [9.17, 15) is 4.79 Å². The molecule has 2 aromatic carbocycles. The predicted molar refractivity (Wildman–Crippen MR) is 83.1 cm³/mol. The van der Waals surface area contributed by atoms with Crippen LogP contribution in [0.2, 0.25) is 0 Å². The molecular formula is C17H20N2O. The predicted octanol–water partition coefficient (Wildman–Crippen LogP) is 3.28. The number of nitrogens with one attached hydrogen (secondary N) is 2. The van der Waals surface area contributed by atoms with Crippen molar-refractivity contribution in [3.63, 3.8) is 0 Å². The molecule has 0 fully saturated rings. The Hall–Kier alpha value is -2.29. The van der Waals surface area contributed by atoms with Gasteiger partial charge in [-0.2, -0.15) is 0 Å². The van der Waals surface area contributed by atoms with Gasteiger partial charge in [-0.3, -0.25) is 4.79 Å². The monoisotopic (exact) mass is 268 g/mol. The molecule has 104 valence electrons. The number of aryl methyl sites for hydroxylation is 2. The van der Waals surface area contributed by atoms with Gasteiger partial charge in [0, 0.05) is 19.3 Å². The second-order valence-electron chi connectivity index (χ2n) is 4.97. The molecule has 0 saturated carbocycles. The summed E-state index contributed by atoms with van der Waals surface area (Å²) in [4.78, 5) is 12.3. The molecule has 1 amide bonds. The molecule has 3 nitrogen and oxygen atoms in total. The molecule has 3 heteroatoms. The number of rotatable bonds is 4. The molecule has 0 aliphatic heterocycles. The Labute approximate surface area is 120 Å². The van der Waals surface area contributed by atoms with E-state index in [4.69, 9.17) is 0 Å². The Balaban J connectivity index is 2.08. The highest BCUT2D eigenvalue weighted by molar-refractivity contribution is 5.99. The quantitative estimate of drug-likeness (QED) is 0.893. The lowest BCUT2D eigenvalue weighted by Crippen LogP contribution is -2.23. The molecule has 0 aliphatic rings. The molecule has 20 heavy (non-hydrogen) atoms. The Morgan fingerprint density at radius 3 is 2.30 bits per heavy atom. The molecule has 0 bridgehead atoms. The summed E-state index contributed by atoms with van der Waals surface area (Å²) in [5.41, 5.74) is 4.92. The number of anilines is 1. The maximum Gasteiger partial charge on any atom is 0.253 e. The van der Waals surface area contributed by atoms with E-state index < -0.39 is 0 Å². The van der Waals surface area contributed by atoms with E-state index in [1.807, 2.05) is 63.4 Å². The summed E-state index contributed by atoms with van der Waals surface area (Å²) in [6.07, 6.45) is 0. The van der Waals surface area contributed by atoms with Gasteiger partial charge in [-0.05, 0) is 31.5 Å². The smallest absolute Gasteiger partial charge is 0.253 e. The van der Waals surface area contributed by atoms with Crippen LogP contribution in [0.4, 0.5) is 5.69 Å². The normalized spacial score (nSPS) is 10.2. The van der Waals surface area contributed by atoms with E-state index in [2.05, 4.69) is 10.6 Å². The summed E-state index contributed by atoms with van der Waals surface area (Å²) >= 11 is 0. The van der Waals surface area contributed by atoms with Crippen LogP contribution in [0.3, 0.4) is 0 Å². The maximum atomic E-state index is 12.3. The molecule has 0 spiro atoms. The molecule has 2 aromatic rings. The molecule has 0 saturated heterocycles. The van der Waals surface area contributed by atoms with Crippen molar-refractivity contribution in [3.8, 4) is 0 Å². The Morgan fingerprint density at radius 2 is 1.65 bits per heavy atom. The summed E-state index contributed by atoms with van der Waals surface area (Å²) in [7, 11) is 1.82. The fourth-order valence-electron chi connectivity index (χ4n) is 2.05. The summed E-state index contributed by atoms with van der Waals surface area (Å²) in [5, 5.41) is 6.01. The van der Waals surface area contributed by atoms with Gasteiger partial charge in [-0.1, -0.05) is 41.5 Å². The van der Waals surface area contributed by atoms with E-state index in [-0.39, 0.29) is 5.91 Å². The summed E-state index contributed by atoms with van der Waals surface area (Å²) in [6, 6.07) is 14.0. The molecule has 0 aromatic heterocycles. The van der Waals surface area contributed by atoms with Crippen LogP contribution < -0.4 is 10.6 Å². The van der Waals surface area contributed by atoms with Crippen molar-refractivity contribution < 1.29 is 4.79 Å². The Morgan fingerprint density at radius 1 is 1.00 bits per heavy atom. The van der Waals surface area contributed by atoms with E-state index in [0.29, 0.717) is 12.1 Å². The summed E-state index contributed by atoms with van der Waals surface area (Å²) in [6.45, 7) is 4.57. The number of carbonyl (C=O) groups excluding carboxylic acids is 1. The van der Waals surface area contributed by atoms with Crippen LogP contribution in [0.25, 0.3) is 0 Å². The lowest BCUT2D eigenvalue weighted by molar-refractivity contribution is 0.0951. The number of hydrogen-bond acceptors (Lipinski definition) is 2. The third-order valence-electron chi connectivity index (χ3n) is 3.26. The third kappa shape index (κ3) is 3.38. The van der Waals surface area contributed by atoms with Gasteiger partial charge in [0.15, 0.2) is 0 Å². The lowest BCUT2D eigenvalue weighted by Gasteiger charge is -2.11. The standard InChI is InChI=1S/C17H20N2O/c1-12-4-7-14(8-5-12)11-19-17(20)15-10-13(2)6-9-16(15)18-3/h4-10,18H,11H2,1-3H3,(H,19,20). The van der Waals surface area contributed by atoms with E-state index in [0.717, 1.165) is 16.8 Å². The molecule has 2 N–H and O–H groups in total. The first-order chi connectivity index (χ1) is 9.60. The van der Waals surface area contributed by atoms with E-state index in [1.54, 1.807) is 0 Å². The minimum Gasteiger partial charge on any atom is -0.387 e. The first-order valence-corrected chi connectivity index (χ1v) is 6.72. The zero-order valence-corrected chi connectivity index (χ0v) is 12.2. The van der Waals surface area contributed by atoms with Crippen molar-refractivity contribution in [2.75, 3.05) is 12.4 Å². The van der Waals surface area contributed by atoms with Crippen LogP contribution in [0.5, 0.6) is 0 Å². The fourth-order valence-corrected chi connectivity index (χ4v) is 2.05. The zero-order valence-electron chi connectivity index (χ0n) is 12.2. The fraction of sp³-hybridized carbons (Fsp3) is 0.235. The van der Waals surface area contributed by atoms with Crippen LogP contribution in [-0.4, -0.2) is 13.0 Å². The molecule has 0 aliphatic carbocycles. The molecule has 0 radical (unpaired) electrons. The molecule has 0 atom stereocenters. The molecular weight excluding hydrogens is 248 g/mol. The minimum absolute atomic E-state index is 0.0568. The van der Waals surface area contributed by atoms with Crippen molar-refractivity contribution in [1.82, 2.24) is 5.32 Å². The molecule has 0 heterocycles. The van der Waals surface area contributed by atoms with Crippen LogP contribution >= 0.6 is 0 Å². The average molecular weight is 268 g/mol. The van der Waals surface area contributed by atoms with E-state index in [1.165, 1.54) is 5.56 Å². The maximum absolute atomic E-state index is 12.3. The first-order valence-electron chi connectivity index (χ1n) is 6.72. The highest BCUT2D eigenvalue weighted by atomic mass is 16.1. The zero-order chi connectivity index (χ0) is 14.5. The highest BCUT2D eigenvalue weighted by Crippen LogP contribution is 2.16. The second-order valence-corrected chi connectivity index (χ2v) is 4.97. The average Bonchev–Trinajstić information content (AvgIpc) is 2.46. The number of benzene rings is 2. The van der Waals surface area contributed by atoms with Crippen molar-refractivity contribution in [1.29, 1.82) is 0 Å². The van der Waals surface area contributed by atoms with Gasteiger partial charge < -0.3 is 10.6 Å². The van der Waals surface area contributed by atoms with Gasteiger partial charge in [0.25, 0.3) is 5.91 Å². The molecule has 0 unspecified atom stereocenters. The largest absolute Gasteiger partial charge is 0.387 e. The van der Waals surface area contributed by atoms with Crippen LogP contribution in [0.1, 0.15) is 27.0 Å². The minimum atomic E-state index is -0.0568. The first kappa shape index (κ1) is 14.1. The van der Waals surface area contributed by atoms with Gasteiger partial charge in [0.2, 0.25) is 0 Å². The molecule has 2 rings (SSSR count). The third-order valence-corrected chi connectivity index (χ3v) is 3.26. The number of carbonyl (C=O) groups is 1. The lowest BCUT2D eigenvalue weighted by atomic mass is 10.1. The van der Waals surface area contributed by atoms with Gasteiger partial charge in [0.1, 0.15) is 0 Å². The van der Waals surface area contributed by atoms with Gasteiger partial charge >= 0.3 is 0 Å². The second kappa shape index (κ2) is 6.24. The van der Waals surface area contributed by atoms with Gasteiger partial charge in [-0.15, -0.1) is 0 Å². The van der Waals surface area contributed by atoms with E-state index >= 15 is 0 Å².